The summed E-state index contributed by atoms with van der Waals surface area (Å²) in [6.07, 6.45) is 17.7. The van der Waals surface area contributed by atoms with Crippen molar-refractivity contribution in [1.82, 2.24) is 10.0 Å². The number of carbonyl (C=O) groups is 2. The van der Waals surface area contributed by atoms with Crippen LogP contribution >= 0.6 is 0 Å². The Bertz CT molecular complexity index is 781. The number of hydrogen-bond donors (Lipinski definition) is 0. The number of hydrazine groups is 1. The molecule has 4 unspecified atom stereocenters. The van der Waals surface area contributed by atoms with E-state index in [2.05, 4.69) is 13.8 Å². The Morgan fingerprint density at radius 3 is 1.27 bits per heavy atom. The van der Waals surface area contributed by atoms with Crippen LogP contribution in [0.2, 0.25) is 0 Å². The maximum atomic E-state index is 14.5. The van der Waals surface area contributed by atoms with Gasteiger partial charge in [-0.25, -0.2) is 0 Å². The lowest BCUT2D eigenvalue weighted by Crippen LogP contribution is -2.64. The molecular weight excluding hydrogens is 408 g/mol. The number of carbonyl (C=O) groups excluding carboxylic acids is 2. The van der Waals surface area contributed by atoms with Gasteiger partial charge in [-0.2, -0.15) is 0 Å². The minimum absolute atomic E-state index is 0.185. The van der Waals surface area contributed by atoms with Gasteiger partial charge in [0.2, 0.25) is 11.8 Å². The molecule has 9 rings (SSSR count). The van der Waals surface area contributed by atoms with Gasteiger partial charge in [0, 0.05) is 13.1 Å². The highest BCUT2D eigenvalue weighted by molar-refractivity contribution is 5.89. The normalized spacial score (nSPS) is 52.3. The molecule has 0 radical (unpaired) electrons. The molecule has 8 saturated carbocycles. The Hall–Kier alpha value is -1.06. The largest absolute Gasteiger partial charge is 0.272 e. The Morgan fingerprint density at radius 2 is 0.939 bits per heavy atom. The van der Waals surface area contributed by atoms with E-state index in [1.165, 1.54) is 38.5 Å². The van der Waals surface area contributed by atoms with E-state index in [1.807, 2.05) is 10.0 Å². The Labute approximate surface area is 200 Å². The van der Waals surface area contributed by atoms with Gasteiger partial charge >= 0.3 is 0 Å². The second-order valence-electron chi connectivity index (χ2n) is 15.0. The molecule has 0 aromatic carbocycles. The molecule has 2 amide bonds. The fourth-order valence-electron chi connectivity index (χ4n) is 11.9. The Kier molecular flexibility index (Phi) is 4.37. The standard InChI is InChI=1S/C29H44N2O2/c1-26-10-20-8-21(11-26)15-28(14-20,18-26)24(32)30-6-4-3-5-7-31(30)25(33)29-16-22-9-23(17-29)13-27(2,12-22)19-29/h20-23H,3-19H2,1-2H3. The third-order valence-electron chi connectivity index (χ3n) is 11.6. The highest BCUT2D eigenvalue weighted by Crippen LogP contribution is 2.67. The molecule has 9 fully saturated rings. The zero-order valence-corrected chi connectivity index (χ0v) is 21.0. The van der Waals surface area contributed by atoms with Crippen LogP contribution in [0.3, 0.4) is 0 Å². The average molecular weight is 453 g/mol. The van der Waals surface area contributed by atoms with Crippen molar-refractivity contribution >= 4 is 11.8 Å². The van der Waals surface area contributed by atoms with E-state index >= 15 is 0 Å². The maximum Gasteiger partial charge on any atom is 0.247 e. The molecule has 9 aliphatic rings. The second kappa shape index (κ2) is 6.78. The lowest BCUT2D eigenvalue weighted by Gasteiger charge is -2.62. The van der Waals surface area contributed by atoms with E-state index in [1.54, 1.807) is 0 Å². The molecule has 4 atom stereocenters. The van der Waals surface area contributed by atoms with E-state index in [4.69, 9.17) is 0 Å². The summed E-state index contributed by atoms with van der Waals surface area (Å²) in [6.45, 7) is 6.43. The van der Waals surface area contributed by atoms with Gasteiger partial charge in [0.15, 0.2) is 0 Å². The van der Waals surface area contributed by atoms with Crippen LogP contribution in [-0.2, 0) is 9.59 Å². The lowest BCUT2D eigenvalue weighted by atomic mass is 9.44. The number of amides is 2. The monoisotopic (exact) mass is 452 g/mol. The van der Waals surface area contributed by atoms with E-state index in [-0.39, 0.29) is 10.8 Å². The predicted molar refractivity (Wildman–Crippen MR) is 128 cm³/mol. The van der Waals surface area contributed by atoms with E-state index < -0.39 is 0 Å². The van der Waals surface area contributed by atoms with Crippen molar-refractivity contribution < 1.29 is 9.59 Å². The summed E-state index contributed by atoms with van der Waals surface area (Å²) in [7, 11) is 0. The van der Waals surface area contributed by atoms with Crippen LogP contribution in [0.5, 0.6) is 0 Å². The molecule has 0 N–H and O–H groups in total. The molecule has 4 nitrogen and oxygen atoms in total. The van der Waals surface area contributed by atoms with Crippen LogP contribution in [0.25, 0.3) is 0 Å². The summed E-state index contributed by atoms with van der Waals surface area (Å²) in [5, 5.41) is 4.10. The molecule has 33 heavy (non-hydrogen) atoms. The number of nitrogens with zero attached hydrogens (tertiary/aromatic N) is 2. The van der Waals surface area contributed by atoms with Crippen molar-refractivity contribution in [2.45, 2.75) is 110 Å². The molecule has 0 aromatic heterocycles. The van der Waals surface area contributed by atoms with Crippen LogP contribution in [0.1, 0.15) is 110 Å². The molecule has 1 heterocycles. The quantitative estimate of drug-likeness (QED) is 0.519. The molecule has 0 spiro atoms. The Balaban J connectivity index is 1.21. The van der Waals surface area contributed by atoms with Gasteiger partial charge in [-0.05, 0) is 131 Å². The van der Waals surface area contributed by atoms with Crippen LogP contribution in [0, 0.1) is 45.3 Å². The van der Waals surface area contributed by atoms with Crippen LogP contribution < -0.4 is 0 Å². The minimum atomic E-state index is -0.185. The van der Waals surface area contributed by atoms with Gasteiger partial charge in [0.05, 0.1) is 10.8 Å². The molecule has 1 saturated heterocycles. The van der Waals surface area contributed by atoms with E-state index in [0.717, 1.165) is 94.5 Å². The Morgan fingerprint density at radius 1 is 0.576 bits per heavy atom. The highest BCUT2D eigenvalue weighted by atomic mass is 16.2. The topological polar surface area (TPSA) is 40.6 Å². The van der Waals surface area contributed by atoms with Crippen LogP contribution in [-0.4, -0.2) is 34.9 Å². The smallest absolute Gasteiger partial charge is 0.247 e. The van der Waals surface area contributed by atoms with Crippen molar-refractivity contribution in [1.29, 1.82) is 0 Å². The summed E-state index contributed by atoms with van der Waals surface area (Å²) < 4.78 is 0. The van der Waals surface area contributed by atoms with Gasteiger partial charge in [-0.15, -0.1) is 0 Å². The summed E-state index contributed by atoms with van der Waals surface area (Å²) >= 11 is 0. The molecule has 8 aliphatic carbocycles. The van der Waals surface area contributed by atoms with Gasteiger partial charge in [-0.3, -0.25) is 19.6 Å². The molecule has 182 valence electrons. The summed E-state index contributed by atoms with van der Waals surface area (Å²) in [5.41, 5.74) is 0.341. The second-order valence-corrected chi connectivity index (χ2v) is 15.0. The first-order valence-corrected chi connectivity index (χ1v) is 14.3. The highest BCUT2D eigenvalue weighted by Gasteiger charge is 2.62. The zero-order chi connectivity index (χ0) is 22.6. The first-order chi connectivity index (χ1) is 15.7. The summed E-state index contributed by atoms with van der Waals surface area (Å²) in [4.78, 5) is 29.0. The van der Waals surface area contributed by atoms with Gasteiger partial charge in [-0.1, -0.05) is 13.8 Å². The molecule has 1 aliphatic heterocycles. The minimum Gasteiger partial charge on any atom is -0.272 e. The van der Waals surface area contributed by atoms with Gasteiger partial charge in [0.1, 0.15) is 0 Å². The average Bonchev–Trinajstić information content (AvgIpc) is 2.95. The fourth-order valence-corrected chi connectivity index (χ4v) is 11.9. The summed E-state index contributed by atoms with van der Waals surface area (Å²) in [6, 6.07) is 0. The van der Waals surface area contributed by atoms with Gasteiger partial charge < -0.3 is 0 Å². The third-order valence-corrected chi connectivity index (χ3v) is 11.6. The third kappa shape index (κ3) is 3.13. The van der Waals surface area contributed by atoms with Crippen molar-refractivity contribution in [3.8, 4) is 0 Å². The van der Waals surface area contributed by atoms with Crippen molar-refractivity contribution in [3.63, 3.8) is 0 Å². The van der Waals surface area contributed by atoms with Gasteiger partial charge in [0.25, 0.3) is 0 Å². The lowest BCUT2D eigenvalue weighted by molar-refractivity contribution is -0.198. The molecular formula is C29H44N2O2. The predicted octanol–water partition coefficient (Wildman–Crippen LogP) is 5.96. The first-order valence-electron chi connectivity index (χ1n) is 14.3. The van der Waals surface area contributed by atoms with Crippen molar-refractivity contribution in [3.05, 3.63) is 0 Å². The van der Waals surface area contributed by atoms with Crippen molar-refractivity contribution in [2.75, 3.05) is 13.1 Å². The number of hydrogen-bond acceptors (Lipinski definition) is 2. The zero-order valence-electron chi connectivity index (χ0n) is 21.0. The molecule has 8 bridgehead atoms. The fraction of sp³-hybridized carbons (Fsp3) is 0.931. The SMILES string of the molecule is CC12CC3CC(C1)CC(C(=O)N1CCCCCN1C(=O)C14CC5CC(CC(C)(C5)C1)C4)(C3)C2. The summed E-state index contributed by atoms with van der Waals surface area (Å²) in [5.74, 6) is 3.63. The first kappa shape index (κ1) is 21.2. The maximum absolute atomic E-state index is 14.5. The van der Waals surface area contributed by atoms with Crippen LogP contribution in [0.4, 0.5) is 0 Å². The molecule has 4 heteroatoms. The molecule has 0 aromatic rings. The van der Waals surface area contributed by atoms with E-state index in [0.29, 0.717) is 22.6 Å². The van der Waals surface area contributed by atoms with Crippen LogP contribution in [0.15, 0.2) is 0 Å². The van der Waals surface area contributed by atoms with Crippen molar-refractivity contribution in [2.24, 2.45) is 45.3 Å². The van der Waals surface area contributed by atoms with E-state index in [9.17, 15) is 9.59 Å². The number of rotatable bonds is 2.